The molecule has 0 aliphatic carbocycles. The first-order valence-corrected chi connectivity index (χ1v) is 6.93. The van der Waals surface area contributed by atoms with Crippen LogP contribution in [0.15, 0.2) is 24.3 Å². The van der Waals surface area contributed by atoms with Crippen LogP contribution in [0, 0.1) is 0 Å². The first-order valence-electron chi connectivity index (χ1n) is 6.93. The molecular weight excluding hydrogens is 224 g/mol. The number of nitrogens with one attached hydrogen (secondary N) is 1. The second-order valence-corrected chi connectivity index (χ2v) is 4.94. The van der Waals surface area contributed by atoms with Gasteiger partial charge in [-0.2, -0.15) is 0 Å². The lowest BCUT2D eigenvalue weighted by molar-refractivity contribution is 0.188. The second kappa shape index (κ2) is 6.76. The Balaban J connectivity index is 1.88. The van der Waals surface area contributed by atoms with Gasteiger partial charge < -0.3 is 10.1 Å². The van der Waals surface area contributed by atoms with Crippen LogP contribution in [0.25, 0.3) is 0 Å². The Labute approximate surface area is 110 Å². The molecule has 100 valence electrons. The molecule has 1 aliphatic heterocycles. The number of likely N-dealkylation sites (tertiary alicyclic amines) is 1. The van der Waals surface area contributed by atoms with Gasteiger partial charge in [0, 0.05) is 19.1 Å². The summed E-state index contributed by atoms with van der Waals surface area (Å²) >= 11 is 0. The van der Waals surface area contributed by atoms with Gasteiger partial charge in [0.2, 0.25) is 0 Å². The minimum absolute atomic E-state index is 0.654. The predicted octanol–water partition coefficient (Wildman–Crippen LogP) is 2.27. The third kappa shape index (κ3) is 3.72. The third-order valence-electron chi connectivity index (χ3n) is 3.55. The van der Waals surface area contributed by atoms with Crippen LogP contribution in [0.2, 0.25) is 0 Å². The number of piperidine rings is 1. The Bertz CT molecular complexity index is 350. The predicted molar refractivity (Wildman–Crippen MR) is 75.0 cm³/mol. The highest BCUT2D eigenvalue weighted by molar-refractivity contribution is 5.27. The fraction of sp³-hybridized carbons (Fsp3) is 0.600. The standard InChI is InChI=1S/C15H24N2O/c1-3-18-15-8-6-13(7-9-15)11-17-10-4-5-14(12-17)16-2/h6-9,14,16H,3-5,10-12H2,1-2H3. The summed E-state index contributed by atoms with van der Waals surface area (Å²) in [4.78, 5) is 2.53. The van der Waals surface area contributed by atoms with E-state index in [1.807, 2.05) is 6.92 Å². The number of benzene rings is 1. The summed E-state index contributed by atoms with van der Waals surface area (Å²) in [6.07, 6.45) is 2.60. The lowest BCUT2D eigenvalue weighted by Gasteiger charge is -2.32. The van der Waals surface area contributed by atoms with Crippen LogP contribution in [0.4, 0.5) is 0 Å². The van der Waals surface area contributed by atoms with Gasteiger partial charge in [0.1, 0.15) is 5.75 Å². The van der Waals surface area contributed by atoms with Gasteiger partial charge >= 0.3 is 0 Å². The van der Waals surface area contributed by atoms with Gasteiger partial charge in [-0.1, -0.05) is 12.1 Å². The van der Waals surface area contributed by atoms with E-state index in [-0.39, 0.29) is 0 Å². The number of ether oxygens (including phenoxy) is 1. The lowest BCUT2D eigenvalue weighted by Crippen LogP contribution is -2.43. The maximum absolute atomic E-state index is 5.46. The summed E-state index contributed by atoms with van der Waals surface area (Å²) in [6.45, 7) is 6.16. The van der Waals surface area contributed by atoms with Crippen LogP contribution in [-0.4, -0.2) is 37.7 Å². The highest BCUT2D eigenvalue weighted by atomic mass is 16.5. The van der Waals surface area contributed by atoms with Crippen molar-refractivity contribution in [2.75, 3.05) is 26.7 Å². The Morgan fingerprint density at radius 3 is 2.78 bits per heavy atom. The molecule has 3 nitrogen and oxygen atoms in total. The van der Waals surface area contributed by atoms with Crippen LogP contribution in [0.1, 0.15) is 25.3 Å². The maximum atomic E-state index is 5.46. The zero-order valence-corrected chi connectivity index (χ0v) is 11.5. The van der Waals surface area contributed by atoms with Crippen molar-refractivity contribution in [1.82, 2.24) is 10.2 Å². The number of hydrogen-bond donors (Lipinski definition) is 1. The molecule has 1 atom stereocenters. The van der Waals surface area contributed by atoms with Crippen molar-refractivity contribution in [2.24, 2.45) is 0 Å². The smallest absolute Gasteiger partial charge is 0.119 e. The molecule has 1 aromatic carbocycles. The summed E-state index contributed by atoms with van der Waals surface area (Å²) in [5.41, 5.74) is 1.37. The van der Waals surface area contributed by atoms with Crippen molar-refractivity contribution in [2.45, 2.75) is 32.4 Å². The molecule has 0 aromatic heterocycles. The largest absolute Gasteiger partial charge is 0.494 e. The number of hydrogen-bond acceptors (Lipinski definition) is 3. The van der Waals surface area contributed by atoms with E-state index in [4.69, 9.17) is 4.74 Å². The third-order valence-corrected chi connectivity index (χ3v) is 3.55. The Hall–Kier alpha value is -1.06. The van der Waals surface area contributed by atoms with E-state index in [1.54, 1.807) is 0 Å². The fourth-order valence-electron chi connectivity index (χ4n) is 2.55. The van der Waals surface area contributed by atoms with Crippen molar-refractivity contribution in [1.29, 1.82) is 0 Å². The molecule has 1 N–H and O–H groups in total. The quantitative estimate of drug-likeness (QED) is 0.865. The maximum Gasteiger partial charge on any atom is 0.119 e. The molecule has 1 unspecified atom stereocenters. The van der Waals surface area contributed by atoms with E-state index >= 15 is 0 Å². The summed E-state index contributed by atoms with van der Waals surface area (Å²) in [5.74, 6) is 0.966. The van der Waals surface area contributed by atoms with Crippen molar-refractivity contribution >= 4 is 0 Å². The fourth-order valence-corrected chi connectivity index (χ4v) is 2.55. The number of nitrogens with zero attached hydrogens (tertiary/aromatic N) is 1. The van der Waals surface area contributed by atoms with Crippen molar-refractivity contribution in [3.63, 3.8) is 0 Å². The van der Waals surface area contributed by atoms with Crippen LogP contribution in [-0.2, 0) is 6.54 Å². The average molecular weight is 248 g/mol. The molecular formula is C15H24N2O. The average Bonchev–Trinajstić information content (AvgIpc) is 2.42. The van der Waals surface area contributed by atoms with Gasteiger partial charge in [-0.15, -0.1) is 0 Å². The van der Waals surface area contributed by atoms with Crippen LogP contribution in [0.5, 0.6) is 5.75 Å². The zero-order valence-electron chi connectivity index (χ0n) is 11.5. The molecule has 1 aromatic rings. The summed E-state index contributed by atoms with van der Waals surface area (Å²) in [5, 5.41) is 3.38. The van der Waals surface area contributed by atoms with Crippen LogP contribution in [0.3, 0.4) is 0 Å². The number of likely N-dealkylation sites (N-methyl/N-ethyl adjacent to an activating group) is 1. The van der Waals surface area contributed by atoms with E-state index in [0.29, 0.717) is 6.04 Å². The molecule has 0 amide bonds. The molecule has 0 saturated carbocycles. The van der Waals surface area contributed by atoms with E-state index < -0.39 is 0 Å². The van der Waals surface area contributed by atoms with Gasteiger partial charge in [-0.25, -0.2) is 0 Å². The van der Waals surface area contributed by atoms with Gasteiger partial charge in [0.05, 0.1) is 6.61 Å². The number of rotatable bonds is 5. The topological polar surface area (TPSA) is 24.5 Å². The van der Waals surface area contributed by atoms with Crippen molar-refractivity contribution in [3.8, 4) is 5.75 Å². The molecule has 0 radical (unpaired) electrons. The normalized spacial score (nSPS) is 20.9. The highest BCUT2D eigenvalue weighted by Crippen LogP contribution is 2.16. The first-order chi connectivity index (χ1) is 8.81. The SMILES string of the molecule is CCOc1ccc(CN2CCCC(NC)C2)cc1. The van der Waals surface area contributed by atoms with Gasteiger partial charge in [0.15, 0.2) is 0 Å². The van der Waals surface area contributed by atoms with Crippen LogP contribution < -0.4 is 10.1 Å². The molecule has 1 aliphatic rings. The summed E-state index contributed by atoms with van der Waals surface area (Å²) in [6, 6.07) is 9.14. The minimum atomic E-state index is 0.654. The molecule has 1 saturated heterocycles. The Kier molecular flexibility index (Phi) is 5.02. The van der Waals surface area contributed by atoms with Gasteiger partial charge in [-0.05, 0) is 51.1 Å². The monoisotopic (exact) mass is 248 g/mol. The molecule has 0 spiro atoms. The summed E-state index contributed by atoms with van der Waals surface area (Å²) in [7, 11) is 2.06. The van der Waals surface area contributed by atoms with E-state index in [2.05, 4.69) is 41.5 Å². The van der Waals surface area contributed by atoms with Crippen molar-refractivity contribution < 1.29 is 4.74 Å². The first kappa shape index (κ1) is 13.4. The molecule has 3 heteroatoms. The van der Waals surface area contributed by atoms with E-state index in [0.717, 1.165) is 25.4 Å². The molecule has 1 heterocycles. The highest BCUT2D eigenvalue weighted by Gasteiger charge is 2.18. The van der Waals surface area contributed by atoms with Gasteiger partial charge in [0.25, 0.3) is 0 Å². The molecule has 0 bridgehead atoms. The minimum Gasteiger partial charge on any atom is -0.494 e. The zero-order chi connectivity index (χ0) is 12.8. The van der Waals surface area contributed by atoms with Gasteiger partial charge in [-0.3, -0.25) is 4.90 Å². The van der Waals surface area contributed by atoms with Crippen molar-refractivity contribution in [3.05, 3.63) is 29.8 Å². The summed E-state index contributed by atoms with van der Waals surface area (Å²) < 4.78 is 5.46. The lowest BCUT2D eigenvalue weighted by atomic mass is 10.1. The van der Waals surface area contributed by atoms with Crippen LogP contribution >= 0.6 is 0 Å². The second-order valence-electron chi connectivity index (χ2n) is 4.94. The molecule has 2 rings (SSSR count). The van der Waals surface area contributed by atoms with E-state index in [1.165, 1.54) is 24.9 Å². The Morgan fingerprint density at radius 2 is 2.11 bits per heavy atom. The molecule has 18 heavy (non-hydrogen) atoms. The molecule has 1 fully saturated rings. The Morgan fingerprint density at radius 1 is 1.33 bits per heavy atom. The van der Waals surface area contributed by atoms with E-state index in [9.17, 15) is 0 Å².